The lowest BCUT2D eigenvalue weighted by atomic mass is 10.1. The van der Waals surface area contributed by atoms with Gasteiger partial charge in [0.25, 0.3) is 0 Å². The Bertz CT molecular complexity index is 189. The molecule has 1 atom stereocenters. The molecular formula is C7H10F3IO2. The lowest BCUT2D eigenvalue weighted by Crippen LogP contribution is -2.35. The number of hydrogen-bond acceptors (Lipinski definition) is 2. The number of ether oxygens (including phenoxy) is 1. The van der Waals surface area contributed by atoms with E-state index in [0.717, 1.165) is 0 Å². The van der Waals surface area contributed by atoms with E-state index < -0.39 is 22.0 Å². The Hall–Kier alpha value is -0.0100. The molecule has 0 aliphatic carbocycles. The average Bonchev–Trinajstić information content (AvgIpc) is 1.82. The van der Waals surface area contributed by atoms with Gasteiger partial charge in [0.1, 0.15) is 3.42 Å². The number of hydrogen-bond donors (Lipinski definition) is 0. The number of halogens is 4. The van der Waals surface area contributed by atoms with Gasteiger partial charge in [-0.3, -0.25) is 4.79 Å². The maximum Gasteiger partial charge on any atom is 0.390 e. The topological polar surface area (TPSA) is 26.3 Å². The molecule has 78 valence electrons. The summed E-state index contributed by atoms with van der Waals surface area (Å²) < 4.78 is 38.8. The zero-order valence-corrected chi connectivity index (χ0v) is 9.40. The molecule has 1 unspecified atom stereocenters. The molecule has 0 aliphatic rings. The predicted molar refractivity (Wildman–Crippen MR) is 49.7 cm³/mol. The first kappa shape index (κ1) is 13.0. The average molecular weight is 310 g/mol. The van der Waals surface area contributed by atoms with Crippen LogP contribution in [-0.4, -0.2) is 22.2 Å². The Kier molecular flexibility index (Phi) is 4.47. The number of carbonyl (C=O) groups is 1. The molecule has 0 fully saturated rings. The summed E-state index contributed by atoms with van der Waals surface area (Å²) in [6, 6.07) is 0. The van der Waals surface area contributed by atoms with Crippen molar-refractivity contribution in [3.63, 3.8) is 0 Å². The van der Waals surface area contributed by atoms with Gasteiger partial charge < -0.3 is 4.74 Å². The van der Waals surface area contributed by atoms with Crippen LogP contribution in [-0.2, 0) is 9.53 Å². The van der Waals surface area contributed by atoms with Crippen molar-refractivity contribution in [3.05, 3.63) is 0 Å². The minimum atomic E-state index is -4.34. The smallest absolute Gasteiger partial charge is 0.390 e. The van der Waals surface area contributed by atoms with Crippen molar-refractivity contribution in [2.75, 3.05) is 6.61 Å². The van der Waals surface area contributed by atoms with Gasteiger partial charge in [0.15, 0.2) is 0 Å². The van der Waals surface area contributed by atoms with Crippen molar-refractivity contribution >= 4 is 28.6 Å². The standard InChI is InChI=1S/C7H10F3IO2/c1-3-13-5(12)6(2,11)4-7(8,9)10/h3-4H2,1-2H3. The number of rotatable bonds is 3. The number of alkyl halides is 4. The van der Waals surface area contributed by atoms with Crippen LogP contribution < -0.4 is 0 Å². The summed E-state index contributed by atoms with van der Waals surface area (Å²) in [7, 11) is 0. The maximum absolute atomic E-state index is 11.9. The number of carbonyl (C=O) groups excluding carboxylic acids is 1. The summed E-state index contributed by atoms with van der Waals surface area (Å²) in [5, 5.41) is 0. The van der Waals surface area contributed by atoms with Crippen molar-refractivity contribution in [2.45, 2.75) is 29.9 Å². The van der Waals surface area contributed by atoms with E-state index in [9.17, 15) is 18.0 Å². The zero-order chi connectivity index (χ0) is 10.7. The van der Waals surface area contributed by atoms with Crippen molar-refractivity contribution in [1.29, 1.82) is 0 Å². The van der Waals surface area contributed by atoms with Crippen LogP contribution >= 0.6 is 22.6 Å². The van der Waals surface area contributed by atoms with E-state index in [1.165, 1.54) is 29.5 Å². The van der Waals surface area contributed by atoms with Crippen LogP contribution in [0.1, 0.15) is 20.3 Å². The Morgan fingerprint density at radius 3 is 2.23 bits per heavy atom. The molecule has 0 aromatic rings. The summed E-state index contributed by atoms with van der Waals surface area (Å²) >= 11 is 1.46. The monoisotopic (exact) mass is 310 g/mol. The summed E-state index contributed by atoms with van der Waals surface area (Å²) in [4.78, 5) is 11.0. The predicted octanol–water partition coefficient (Wildman–Crippen LogP) is 2.70. The molecule has 0 bridgehead atoms. The molecule has 0 rings (SSSR count). The third-order valence-electron chi connectivity index (χ3n) is 1.23. The molecule has 0 saturated carbocycles. The molecule has 0 aliphatic heterocycles. The van der Waals surface area contributed by atoms with E-state index in [1.807, 2.05) is 0 Å². The SMILES string of the molecule is CCOC(=O)C(C)(I)CC(F)(F)F. The highest BCUT2D eigenvalue weighted by Crippen LogP contribution is 2.34. The van der Waals surface area contributed by atoms with Crippen LogP contribution in [0.25, 0.3) is 0 Å². The molecule has 6 heteroatoms. The lowest BCUT2D eigenvalue weighted by Gasteiger charge is -2.21. The largest absolute Gasteiger partial charge is 0.465 e. The molecule has 2 nitrogen and oxygen atoms in total. The normalized spacial score (nSPS) is 16.5. The van der Waals surface area contributed by atoms with Crippen LogP contribution in [0.5, 0.6) is 0 Å². The quantitative estimate of drug-likeness (QED) is 0.455. The van der Waals surface area contributed by atoms with Gasteiger partial charge in [-0.1, -0.05) is 22.6 Å². The van der Waals surface area contributed by atoms with E-state index in [-0.39, 0.29) is 6.61 Å². The summed E-state index contributed by atoms with van der Waals surface area (Å²) in [6.07, 6.45) is -5.51. The van der Waals surface area contributed by atoms with Gasteiger partial charge in [-0.25, -0.2) is 0 Å². The fourth-order valence-corrected chi connectivity index (χ4v) is 1.32. The van der Waals surface area contributed by atoms with Gasteiger partial charge in [-0.15, -0.1) is 0 Å². The lowest BCUT2D eigenvalue weighted by molar-refractivity contribution is -0.160. The molecule has 0 amide bonds. The van der Waals surface area contributed by atoms with Gasteiger partial charge in [-0.2, -0.15) is 13.2 Å². The third-order valence-corrected chi connectivity index (χ3v) is 2.06. The van der Waals surface area contributed by atoms with Crippen molar-refractivity contribution in [3.8, 4) is 0 Å². The van der Waals surface area contributed by atoms with Gasteiger partial charge in [0.2, 0.25) is 0 Å². The molecule has 0 spiro atoms. The van der Waals surface area contributed by atoms with Crippen molar-refractivity contribution in [1.82, 2.24) is 0 Å². The van der Waals surface area contributed by atoms with Crippen molar-refractivity contribution in [2.24, 2.45) is 0 Å². The van der Waals surface area contributed by atoms with E-state index in [1.54, 1.807) is 6.92 Å². The highest BCUT2D eigenvalue weighted by molar-refractivity contribution is 14.1. The second-order valence-corrected chi connectivity index (χ2v) is 5.09. The minimum absolute atomic E-state index is 0.0925. The fourth-order valence-electron chi connectivity index (χ4n) is 0.730. The molecule has 0 heterocycles. The first-order valence-electron chi connectivity index (χ1n) is 3.62. The number of esters is 1. The zero-order valence-electron chi connectivity index (χ0n) is 7.24. The molecular weight excluding hydrogens is 300 g/mol. The Morgan fingerprint density at radius 2 is 1.92 bits per heavy atom. The van der Waals surface area contributed by atoms with E-state index in [4.69, 9.17) is 0 Å². The van der Waals surface area contributed by atoms with E-state index in [0.29, 0.717) is 0 Å². The van der Waals surface area contributed by atoms with Gasteiger partial charge in [-0.05, 0) is 13.8 Å². The molecule has 0 radical (unpaired) electrons. The Balaban J connectivity index is 4.30. The van der Waals surface area contributed by atoms with E-state index >= 15 is 0 Å². The molecule has 0 N–H and O–H groups in total. The van der Waals surface area contributed by atoms with Gasteiger partial charge >= 0.3 is 12.1 Å². The van der Waals surface area contributed by atoms with Crippen LogP contribution in [0.4, 0.5) is 13.2 Å². The Labute approximate surface area is 88.0 Å². The summed E-state index contributed by atoms with van der Waals surface area (Å²) in [5.74, 6) is -0.826. The fraction of sp³-hybridized carbons (Fsp3) is 0.857. The van der Waals surface area contributed by atoms with Gasteiger partial charge in [0, 0.05) is 0 Å². The van der Waals surface area contributed by atoms with Crippen LogP contribution in [0.2, 0.25) is 0 Å². The van der Waals surface area contributed by atoms with Crippen LogP contribution in [0, 0.1) is 0 Å². The van der Waals surface area contributed by atoms with Gasteiger partial charge in [0.05, 0.1) is 13.0 Å². The second kappa shape index (κ2) is 4.47. The molecule has 0 saturated heterocycles. The van der Waals surface area contributed by atoms with E-state index in [2.05, 4.69) is 4.74 Å². The van der Waals surface area contributed by atoms with Crippen LogP contribution in [0.3, 0.4) is 0 Å². The second-order valence-electron chi connectivity index (χ2n) is 2.71. The third kappa shape index (κ3) is 5.33. The maximum atomic E-state index is 11.9. The van der Waals surface area contributed by atoms with Crippen LogP contribution in [0.15, 0.2) is 0 Å². The molecule has 13 heavy (non-hydrogen) atoms. The highest BCUT2D eigenvalue weighted by atomic mass is 127. The van der Waals surface area contributed by atoms with Crippen molar-refractivity contribution < 1.29 is 22.7 Å². The summed E-state index contributed by atoms with van der Waals surface area (Å²) in [5.41, 5.74) is 0. The summed E-state index contributed by atoms with van der Waals surface area (Å²) in [6.45, 7) is 2.85. The Morgan fingerprint density at radius 1 is 1.46 bits per heavy atom. The first-order valence-corrected chi connectivity index (χ1v) is 4.70. The first-order chi connectivity index (χ1) is 5.69. The minimum Gasteiger partial charge on any atom is -0.465 e. The molecule has 0 aromatic carbocycles. The molecule has 0 aromatic heterocycles. The highest BCUT2D eigenvalue weighted by Gasteiger charge is 2.43.